The van der Waals surface area contributed by atoms with E-state index in [1.807, 2.05) is 24.3 Å². The zero-order chi connectivity index (χ0) is 12.1. The van der Waals surface area contributed by atoms with Crippen LogP contribution in [0.4, 0.5) is 0 Å². The molecule has 0 bridgehead atoms. The lowest BCUT2D eigenvalue weighted by Crippen LogP contribution is -2.00. The van der Waals surface area contributed by atoms with E-state index in [0.29, 0.717) is 29.8 Å². The highest BCUT2D eigenvalue weighted by molar-refractivity contribution is 6.30. The van der Waals surface area contributed by atoms with Gasteiger partial charge in [0.15, 0.2) is 0 Å². The Hall–Kier alpha value is -1.39. The van der Waals surface area contributed by atoms with Gasteiger partial charge in [0.25, 0.3) is 0 Å². The monoisotopic (exact) mass is 251 g/mol. The van der Waals surface area contributed by atoms with E-state index in [1.54, 1.807) is 0 Å². The average molecular weight is 252 g/mol. The second kappa shape index (κ2) is 5.80. The first kappa shape index (κ1) is 12.1. The minimum absolute atomic E-state index is 0.607. The summed E-state index contributed by atoms with van der Waals surface area (Å²) in [4.78, 5) is 0. The lowest BCUT2D eigenvalue weighted by atomic mass is 10.1. The molecule has 0 aliphatic carbocycles. The van der Waals surface area contributed by atoms with Crippen LogP contribution < -0.4 is 5.73 Å². The minimum Gasteiger partial charge on any atom is -0.425 e. The molecule has 4 nitrogen and oxygen atoms in total. The third-order valence-corrected chi connectivity index (χ3v) is 2.58. The third-order valence-electron chi connectivity index (χ3n) is 2.35. The molecule has 0 aliphatic heterocycles. The Bertz CT molecular complexity index is 484. The van der Waals surface area contributed by atoms with Gasteiger partial charge in [-0.05, 0) is 30.7 Å². The van der Waals surface area contributed by atoms with Gasteiger partial charge in [-0.15, -0.1) is 10.2 Å². The number of aromatic nitrogens is 2. The number of aryl methyl sites for hydroxylation is 1. The first-order chi connectivity index (χ1) is 8.28. The molecule has 17 heavy (non-hydrogen) atoms. The number of halogens is 1. The van der Waals surface area contributed by atoms with Gasteiger partial charge in [-0.1, -0.05) is 23.7 Å². The Labute approximate surface area is 105 Å². The van der Waals surface area contributed by atoms with Crippen LogP contribution in [0.15, 0.2) is 28.7 Å². The van der Waals surface area contributed by atoms with E-state index in [2.05, 4.69) is 10.2 Å². The van der Waals surface area contributed by atoms with Crippen molar-refractivity contribution in [1.82, 2.24) is 10.2 Å². The summed E-state index contributed by atoms with van der Waals surface area (Å²) in [5.41, 5.74) is 6.48. The molecule has 1 heterocycles. The maximum atomic E-state index is 5.90. The Balaban J connectivity index is 2.01. The van der Waals surface area contributed by atoms with Crippen molar-refractivity contribution < 1.29 is 4.42 Å². The number of nitrogens with zero attached hydrogens (tertiary/aromatic N) is 2. The van der Waals surface area contributed by atoms with Crippen molar-refractivity contribution in [2.45, 2.75) is 19.3 Å². The molecular formula is C12H14ClN3O. The fourth-order valence-electron chi connectivity index (χ4n) is 1.54. The van der Waals surface area contributed by atoms with Crippen molar-refractivity contribution in [3.63, 3.8) is 0 Å². The fraction of sp³-hybridized carbons (Fsp3) is 0.333. The number of rotatable bonds is 5. The second-order valence-electron chi connectivity index (χ2n) is 3.79. The topological polar surface area (TPSA) is 64.9 Å². The number of hydrogen-bond donors (Lipinski definition) is 1. The molecule has 2 N–H and O–H groups in total. The van der Waals surface area contributed by atoms with Crippen LogP contribution in [0.25, 0.3) is 0 Å². The predicted molar refractivity (Wildman–Crippen MR) is 65.9 cm³/mol. The van der Waals surface area contributed by atoms with Gasteiger partial charge in [-0.3, -0.25) is 0 Å². The molecule has 2 rings (SSSR count). The number of nitrogens with two attached hydrogens (primary N) is 1. The van der Waals surface area contributed by atoms with Gasteiger partial charge in [0.05, 0.1) is 6.42 Å². The summed E-state index contributed by atoms with van der Waals surface area (Å²) in [6.45, 7) is 0.631. The Morgan fingerprint density at radius 2 is 2.06 bits per heavy atom. The number of benzene rings is 1. The van der Waals surface area contributed by atoms with Crippen molar-refractivity contribution in [3.05, 3.63) is 46.6 Å². The lowest BCUT2D eigenvalue weighted by Gasteiger charge is -1.97. The van der Waals surface area contributed by atoms with Gasteiger partial charge in [0, 0.05) is 11.4 Å². The van der Waals surface area contributed by atoms with Gasteiger partial charge in [-0.2, -0.15) is 0 Å². The second-order valence-corrected chi connectivity index (χ2v) is 4.22. The smallest absolute Gasteiger partial charge is 0.220 e. The zero-order valence-corrected chi connectivity index (χ0v) is 10.2. The van der Waals surface area contributed by atoms with E-state index in [9.17, 15) is 0 Å². The quantitative estimate of drug-likeness (QED) is 0.885. The van der Waals surface area contributed by atoms with Crippen LogP contribution in [0.2, 0.25) is 5.02 Å². The van der Waals surface area contributed by atoms with Crippen molar-refractivity contribution in [1.29, 1.82) is 0 Å². The van der Waals surface area contributed by atoms with Crippen LogP contribution in [-0.4, -0.2) is 16.7 Å². The molecule has 0 spiro atoms. The molecule has 0 amide bonds. The highest BCUT2D eigenvalue weighted by atomic mass is 35.5. The van der Waals surface area contributed by atoms with Crippen LogP contribution in [0.3, 0.4) is 0 Å². The molecule has 0 saturated carbocycles. The standard InChI is InChI=1S/C12H14ClN3O/c13-10-4-1-3-9(7-10)8-12-16-15-11(17-12)5-2-6-14/h1,3-4,7H,2,5-6,8,14H2. The maximum absolute atomic E-state index is 5.90. The summed E-state index contributed by atoms with van der Waals surface area (Å²) in [7, 11) is 0. The molecule has 1 aromatic carbocycles. The van der Waals surface area contributed by atoms with E-state index in [-0.39, 0.29) is 0 Å². The molecule has 0 atom stereocenters. The first-order valence-corrected chi connectivity index (χ1v) is 5.91. The van der Waals surface area contributed by atoms with E-state index >= 15 is 0 Å². The Morgan fingerprint density at radius 1 is 1.24 bits per heavy atom. The average Bonchev–Trinajstić information content (AvgIpc) is 2.74. The van der Waals surface area contributed by atoms with Crippen LogP contribution >= 0.6 is 11.6 Å². The predicted octanol–water partition coefficient (Wildman–Crippen LogP) is 2.21. The van der Waals surface area contributed by atoms with Gasteiger partial charge in [-0.25, -0.2) is 0 Å². The summed E-state index contributed by atoms with van der Waals surface area (Å²) in [6.07, 6.45) is 2.20. The van der Waals surface area contributed by atoms with E-state index in [0.717, 1.165) is 18.4 Å². The number of hydrogen-bond acceptors (Lipinski definition) is 4. The molecule has 2 aromatic rings. The Kier molecular flexibility index (Phi) is 4.12. The summed E-state index contributed by atoms with van der Waals surface area (Å²) >= 11 is 5.90. The van der Waals surface area contributed by atoms with Crippen LogP contribution in [0.1, 0.15) is 23.8 Å². The fourth-order valence-corrected chi connectivity index (χ4v) is 1.75. The van der Waals surface area contributed by atoms with E-state index < -0.39 is 0 Å². The van der Waals surface area contributed by atoms with Crippen molar-refractivity contribution in [2.24, 2.45) is 5.73 Å². The van der Waals surface area contributed by atoms with Gasteiger partial charge < -0.3 is 10.2 Å². The molecule has 0 saturated heterocycles. The summed E-state index contributed by atoms with van der Waals surface area (Å²) in [5, 5.41) is 8.67. The van der Waals surface area contributed by atoms with Crippen molar-refractivity contribution in [3.8, 4) is 0 Å². The summed E-state index contributed by atoms with van der Waals surface area (Å²) in [5.74, 6) is 1.26. The minimum atomic E-state index is 0.607. The van der Waals surface area contributed by atoms with Crippen LogP contribution in [-0.2, 0) is 12.8 Å². The van der Waals surface area contributed by atoms with Crippen molar-refractivity contribution >= 4 is 11.6 Å². The molecular weight excluding hydrogens is 238 g/mol. The normalized spacial score (nSPS) is 10.7. The third kappa shape index (κ3) is 3.54. The van der Waals surface area contributed by atoms with Crippen LogP contribution in [0, 0.1) is 0 Å². The molecule has 0 aliphatic rings. The maximum Gasteiger partial charge on any atom is 0.220 e. The highest BCUT2D eigenvalue weighted by Gasteiger charge is 2.06. The summed E-state index contributed by atoms with van der Waals surface area (Å²) in [6, 6.07) is 7.62. The molecule has 0 radical (unpaired) electrons. The molecule has 90 valence electrons. The van der Waals surface area contributed by atoms with Crippen LogP contribution in [0.5, 0.6) is 0 Å². The van der Waals surface area contributed by atoms with Crippen molar-refractivity contribution in [2.75, 3.05) is 6.54 Å². The van der Waals surface area contributed by atoms with Gasteiger partial charge in [0.1, 0.15) is 0 Å². The highest BCUT2D eigenvalue weighted by Crippen LogP contribution is 2.14. The Morgan fingerprint density at radius 3 is 2.82 bits per heavy atom. The van der Waals surface area contributed by atoms with E-state index in [4.69, 9.17) is 21.8 Å². The molecule has 5 heteroatoms. The first-order valence-electron chi connectivity index (χ1n) is 5.53. The van der Waals surface area contributed by atoms with Gasteiger partial charge >= 0.3 is 0 Å². The summed E-state index contributed by atoms with van der Waals surface area (Å²) < 4.78 is 5.51. The molecule has 0 fully saturated rings. The largest absolute Gasteiger partial charge is 0.425 e. The lowest BCUT2D eigenvalue weighted by molar-refractivity contribution is 0.453. The molecule has 0 unspecified atom stereocenters. The molecule has 1 aromatic heterocycles. The van der Waals surface area contributed by atoms with Gasteiger partial charge in [0.2, 0.25) is 11.8 Å². The zero-order valence-electron chi connectivity index (χ0n) is 9.40. The van der Waals surface area contributed by atoms with E-state index in [1.165, 1.54) is 0 Å². The SMILES string of the molecule is NCCCc1nnc(Cc2cccc(Cl)c2)o1.